The summed E-state index contributed by atoms with van der Waals surface area (Å²) in [5, 5.41) is 3.35. The van der Waals surface area contributed by atoms with Gasteiger partial charge in [-0.25, -0.2) is 0 Å². The molecule has 2 atom stereocenters. The van der Waals surface area contributed by atoms with Gasteiger partial charge in [-0.15, -0.1) is 6.42 Å². The Morgan fingerprint density at radius 3 is 2.67 bits per heavy atom. The monoisotopic (exact) mass is 245 g/mol. The second-order valence-electron chi connectivity index (χ2n) is 4.88. The molecule has 3 nitrogen and oxygen atoms in total. The van der Waals surface area contributed by atoms with Crippen molar-refractivity contribution < 1.29 is 9.47 Å². The number of benzene rings is 1. The van der Waals surface area contributed by atoms with E-state index in [1.54, 1.807) is 0 Å². The Labute approximate surface area is 108 Å². The minimum absolute atomic E-state index is 0.0892. The lowest BCUT2D eigenvalue weighted by molar-refractivity contribution is -0.141. The van der Waals surface area contributed by atoms with Crippen molar-refractivity contribution in [2.24, 2.45) is 0 Å². The van der Waals surface area contributed by atoms with Gasteiger partial charge in [-0.1, -0.05) is 36.3 Å². The number of ether oxygens (including phenoxy) is 2. The highest BCUT2D eigenvalue weighted by Crippen LogP contribution is 2.27. The summed E-state index contributed by atoms with van der Waals surface area (Å²) in [5.41, 5.74) is 1.24. The molecule has 18 heavy (non-hydrogen) atoms. The molecule has 0 radical (unpaired) electrons. The summed E-state index contributed by atoms with van der Waals surface area (Å²) in [6.45, 7) is 5.26. The lowest BCUT2D eigenvalue weighted by Crippen LogP contribution is -2.33. The second-order valence-corrected chi connectivity index (χ2v) is 4.88. The van der Waals surface area contributed by atoms with E-state index in [0.717, 1.165) is 6.54 Å². The van der Waals surface area contributed by atoms with Gasteiger partial charge in [-0.2, -0.15) is 0 Å². The van der Waals surface area contributed by atoms with Crippen molar-refractivity contribution in [2.75, 3.05) is 6.54 Å². The highest BCUT2D eigenvalue weighted by atomic mass is 16.7. The predicted molar refractivity (Wildman–Crippen MR) is 70.8 cm³/mol. The highest BCUT2D eigenvalue weighted by molar-refractivity contribution is 5.14. The standard InChI is InChI=1S/C15H19NO2/c1-4-13-14(18-15(2,3)17-13)11-16-10-12-8-6-5-7-9-12/h1,5-9,13-14,16H,10-11H2,2-3H3. The Morgan fingerprint density at radius 2 is 2.00 bits per heavy atom. The maximum Gasteiger partial charge on any atom is 0.165 e. The van der Waals surface area contributed by atoms with Gasteiger partial charge in [0.25, 0.3) is 0 Å². The first-order valence-electron chi connectivity index (χ1n) is 6.17. The molecule has 1 fully saturated rings. The Hall–Kier alpha value is -1.34. The summed E-state index contributed by atoms with van der Waals surface area (Å²) in [7, 11) is 0. The third kappa shape index (κ3) is 3.33. The third-order valence-corrected chi connectivity index (χ3v) is 2.87. The maximum atomic E-state index is 5.76. The van der Waals surface area contributed by atoms with Crippen molar-refractivity contribution in [3.8, 4) is 12.3 Å². The fourth-order valence-corrected chi connectivity index (χ4v) is 2.08. The van der Waals surface area contributed by atoms with Gasteiger partial charge in [-0.3, -0.25) is 0 Å². The molecular formula is C15H19NO2. The van der Waals surface area contributed by atoms with Crippen LogP contribution in [0.25, 0.3) is 0 Å². The first-order chi connectivity index (χ1) is 8.61. The average molecular weight is 245 g/mol. The van der Waals surface area contributed by atoms with Gasteiger partial charge in [0.15, 0.2) is 5.79 Å². The van der Waals surface area contributed by atoms with E-state index in [-0.39, 0.29) is 12.2 Å². The molecule has 0 bridgehead atoms. The summed E-state index contributed by atoms with van der Waals surface area (Å²) >= 11 is 0. The Kier molecular flexibility index (Phi) is 4.03. The van der Waals surface area contributed by atoms with Crippen LogP contribution >= 0.6 is 0 Å². The zero-order valence-corrected chi connectivity index (χ0v) is 10.8. The third-order valence-electron chi connectivity index (χ3n) is 2.87. The van der Waals surface area contributed by atoms with E-state index in [2.05, 4.69) is 23.4 Å². The van der Waals surface area contributed by atoms with Gasteiger partial charge in [-0.05, 0) is 19.4 Å². The molecule has 0 aliphatic carbocycles. The van der Waals surface area contributed by atoms with Gasteiger partial charge in [0.05, 0.1) is 0 Å². The van der Waals surface area contributed by atoms with Gasteiger partial charge in [0, 0.05) is 13.1 Å². The predicted octanol–water partition coefficient (Wildman–Crippen LogP) is 1.93. The Bertz CT molecular complexity index is 422. The molecule has 1 aliphatic heterocycles. The average Bonchev–Trinajstić information content (AvgIpc) is 2.65. The van der Waals surface area contributed by atoms with Gasteiger partial charge >= 0.3 is 0 Å². The summed E-state index contributed by atoms with van der Waals surface area (Å²) in [6.07, 6.45) is 5.08. The van der Waals surface area contributed by atoms with Crippen LogP contribution in [0.5, 0.6) is 0 Å². The minimum atomic E-state index is -0.587. The van der Waals surface area contributed by atoms with E-state index in [1.807, 2.05) is 32.0 Å². The molecule has 3 heteroatoms. The summed E-state index contributed by atoms with van der Waals surface area (Å²) in [6, 6.07) is 10.2. The summed E-state index contributed by atoms with van der Waals surface area (Å²) in [5.74, 6) is 2.04. The van der Waals surface area contributed by atoms with Crippen LogP contribution in [0, 0.1) is 12.3 Å². The first kappa shape index (κ1) is 13.1. The molecule has 1 saturated heterocycles. The number of rotatable bonds is 4. The molecule has 1 heterocycles. The highest BCUT2D eigenvalue weighted by Gasteiger charge is 2.39. The SMILES string of the molecule is C#CC1OC(C)(C)OC1CNCc1ccccc1. The number of hydrogen-bond acceptors (Lipinski definition) is 3. The van der Waals surface area contributed by atoms with Crippen LogP contribution in [0.3, 0.4) is 0 Å². The van der Waals surface area contributed by atoms with Crippen LogP contribution < -0.4 is 5.32 Å². The zero-order chi connectivity index (χ0) is 13.0. The topological polar surface area (TPSA) is 30.5 Å². The summed E-state index contributed by atoms with van der Waals surface area (Å²) < 4.78 is 11.4. The fourth-order valence-electron chi connectivity index (χ4n) is 2.08. The van der Waals surface area contributed by atoms with Crippen molar-refractivity contribution in [3.63, 3.8) is 0 Å². The smallest absolute Gasteiger partial charge is 0.165 e. The molecule has 96 valence electrons. The largest absolute Gasteiger partial charge is 0.342 e. The van der Waals surface area contributed by atoms with Gasteiger partial charge in [0.1, 0.15) is 12.2 Å². The van der Waals surface area contributed by atoms with Crippen LogP contribution in [0.2, 0.25) is 0 Å². The van der Waals surface area contributed by atoms with Crippen molar-refractivity contribution in [1.82, 2.24) is 5.32 Å². The Morgan fingerprint density at radius 1 is 1.28 bits per heavy atom. The summed E-state index contributed by atoms with van der Waals surface area (Å²) in [4.78, 5) is 0. The van der Waals surface area contributed by atoms with Crippen LogP contribution in [-0.4, -0.2) is 24.5 Å². The van der Waals surface area contributed by atoms with Crippen molar-refractivity contribution in [1.29, 1.82) is 0 Å². The van der Waals surface area contributed by atoms with Crippen LogP contribution in [0.1, 0.15) is 19.4 Å². The molecular weight excluding hydrogens is 226 g/mol. The fraction of sp³-hybridized carbons (Fsp3) is 0.467. The van der Waals surface area contributed by atoms with Crippen molar-refractivity contribution in [3.05, 3.63) is 35.9 Å². The number of terminal acetylenes is 1. The molecule has 2 unspecified atom stereocenters. The molecule has 1 N–H and O–H groups in total. The molecule has 2 rings (SSSR count). The van der Waals surface area contributed by atoms with Crippen molar-refractivity contribution in [2.45, 2.75) is 38.4 Å². The van der Waals surface area contributed by atoms with E-state index in [9.17, 15) is 0 Å². The first-order valence-corrected chi connectivity index (χ1v) is 6.17. The van der Waals surface area contributed by atoms with Crippen molar-refractivity contribution >= 4 is 0 Å². The van der Waals surface area contributed by atoms with Crippen LogP contribution in [-0.2, 0) is 16.0 Å². The lowest BCUT2D eigenvalue weighted by Gasteiger charge is -2.16. The van der Waals surface area contributed by atoms with E-state index < -0.39 is 5.79 Å². The second kappa shape index (κ2) is 5.53. The van der Waals surface area contributed by atoms with Gasteiger partial charge in [0.2, 0.25) is 0 Å². The molecule has 0 aromatic heterocycles. The van der Waals surface area contributed by atoms with E-state index in [4.69, 9.17) is 15.9 Å². The van der Waals surface area contributed by atoms with E-state index in [0.29, 0.717) is 6.54 Å². The minimum Gasteiger partial charge on any atom is -0.342 e. The number of hydrogen-bond donors (Lipinski definition) is 1. The lowest BCUT2D eigenvalue weighted by atomic mass is 10.2. The molecule has 0 amide bonds. The normalized spacial score (nSPS) is 25.8. The molecule has 1 aromatic carbocycles. The quantitative estimate of drug-likeness (QED) is 0.822. The van der Waals surface area contributed by atoms with E-state index >= 15 is 0 Å². The van der Waals surface area contributed by atoms with Crippen LogP contribution in [0.4, 0.5) is 0 Å². The maximum absolute atomic E-state index is 5.76. The number of nitrogens with one attached hydrogen (secondary N) is 1. The Balaban J connectivity index is 1.82. The molecule has 1 aliphatic rings. The van der Waals surface area contributed by atoms with E-state index in [1.165, 1.54) is 5.56 Å². The molecule has 0 spiro atoms. The zero-order valence-electron chi connectivity index (χ0n) is 10.8. The van der Waals surface area contributed by atoms with Crippen LogP contribution in [0.15, 0.2) is 30.3 Å². The van der Waals surface area contributed by atoms with Gasteiger partial charge < -0.3 is 14.8 Å². The molecule has 1 aromatic rings. The molecule has 0 saturated carbocycles.